The molecule has 1 aromatic heterocycles. The first-order chi connectivity index (χ1) is 9.86. The summed E-state index contributed by atoms with van der Waals surface area (Å²) in [6.07, 6.45) is 1.04. The quantitative estimate of drug-likeness (QED) is 0.907. The summed E-state index contributed by atoms with van der Waals surface area (Å²) in [5, 5.41) is 12.3. The third kappa shape index (κ3) is 1.77. The van der Waals surface area contributed by atoms with E-state index in [0.29, 0.717) is 12.6 Å². The van der Waals surface area contributed by atoms with Gasteiger partial charge in [-0.2, -0.15) is 0 Å². The van der Waals surface area contributed by atoms with Crippen LogP contribution in [-0.4, -0.2) is 21.3 Å². The highest BCUT2D eigenvalue weighted by atomic mass is 16.5. The van der Waals surface area contributed by atoms with Crippen LogP contribution >= 0.6 is 0 Å². The fraction of sp³-hybridized carbons (Fsp3) is 0.467. The van der Waals surface area contributed by atoms with Gasteiger partial charge < -0.3 is 14.6 Å². The van der Waals surface area contributed by atoms with Crippen molar-refractivity contribution in [3.63, 3.8) is 0 Å². The van der Waals surface area contributed by atoms with Crippen molar-refractivity contribution in [3.05, 3.63) is 35.2 Å². The number of nitrogens with zero attached hydrogens (tertiary/aromatic N) is 3. The van der Waals surface area contributed by atoms with Gasteiger partial charge in [0.25, 0.3) is 0 Å². The molecule has 2 aliphatic heterocycles. The van der Waals surface area contributed by atoms with E-state index < -0.39 is 0 Å². The molecule has 20 heavy (non-hydrogen) atoms. The Bertz CT molecular complexity index is 649. The summed E-state index contributed by atoms with van der Waals surface area (Å²) in [4.78, 5) is 0. The monoisotopic (exact) mass is 270 g/mol. The zero-order chi connectivity index (χ0) is 13.5. The Kier molecular flexibility index (Phi) is 2.82. The van der Waals surface area contributed by atoms with Crippen molar-refractivity contribution in [2.24, 2.45) is 0 Å². The lowest BCUT2D eigenvalue weighted by Crippen LogP contribution is -2.33. The minimum atomic E-state index is 0.322. The van der Waals surface area contributed by atoms with Gasteiger partial charge in [-0.15, -0.1) is 10.2 Å². The summed E-state index contributed by atoms with van der Waals surface area (Å²) in [5.74, 6) is 2.04. The number of nitrogens with one attached hydrogen (secondary N) is 1. The van der Waals surface area contributed by atoms with E-state index in [1.165, 1.54) is 11.1 Å². The van der Waals surface area contributed by atoms with E-state index in [1.807, 2.05) is 0 Å². The second-order valence-corrected chi connectivity index (χ2v) is 5.42. The van der Waals surface area contributed by atoms with Crippen LogP contribution in [0, 0.1) is 0 Å². The van der Waals surface area contributed by atoms with E-state index in [1.54, 1.807) is 0 Å². The van der Waals surface area contributed by atoms with Crippen molar-refractivity contribution in [1.82, 2.24) is 20.1 Å². The molecule has 4 rings (SSSR count). The van der Waals surface area contributed by atoms with Crippen molar-refractivity contribution in [2.45, 2.75) is 39.1 Å². The van der Waals surface area contributed by atoms with E-state index in [-0.39, 0.29) is 0 Å². The van der Waals surface area contributed by atoms with Gasteiger partial charge in [-0.3, -0.25) is 0 Å². The number of ether oxygens (including phenoxy) is 1. The molecule has 5 heteroatoms. The number of aromatic nitrogens is 3. The first-order valence-corrected chi connectivity index (χ1v) is 7.23. The molecule has 0 bridgehead atoms. The third-order valence-corrected chi connectivity index (χ3v) is 4.21. The molecule has 0 fully saturated rings. The molecule has 1 aromatic carbocycles. The molecule has 0 amide bonds. The predicted octanol–water partition coefficient (Wildman–Crippen LogP) is 2.03. The molecule has 0 aliphatic carbocycles. The molecule has 0 saturated carbocycles. The minimum Gasteiger partial charge on any atom is -0.372 e. The van der Waals surface area contributed by atoms with E-state index in [2.05, 4.69) is 45.2 Å². The van der Waals surface area contributed by atoms with Crippen LogP contribution in [0.2, 0.25) is 0 Å². The molecular formula is C15H18N4O. The topological polar surface area (TPSA) is 52.0 Å². The van der Waals surface area contributed by atoms with Gasteiger partial charge in [0.1, 0.15) is 0 Å². The summed E-state index contributed by atoms with van der Waals surface area (Å²) >= 11 is 0. The number of fused-ring (bicyclic) bond motifs is 2. The second kappa shape index (κ2) is 4.68. The van der Waals surface area contributed by atoms with Crippen molar-refractivity contribution >= 4 is 0 Å². The lowest BCUT2D eigenvalue weighted by molar-refractivity contribution is 0.134. The van der Waals surface area contributed by atoms with Gasteiger partial charge in [0, 0.05) is 18.7 Å². The zero-order valence-corrected chi connectivity index (χ0v) is 11.6. The van der Waals surface area contributed by atoms with Gasteiger partial charge in [-0.25, -0.2) is 0 Å². The van der Waals surface area contributed by atoms with E-state index in [4.69, 9.17) is 4.74 Å². The van der Waals surface area contributed by atoms with Gasteiger partial charge >= 0.3 is 0 Å². The molecule has 0 spiro atoms. The highest BCUT2D eigenvalue weighted by molar-refractivity contribution is 5.58. The zero-order valence-electron chi connectivity index (χ0n) is 11.6. The summed E-state index contributed by atoms with van der Waals surface area (Å²) in [6, 6.07) is 6.80. The second-order valence-electron chi connectivity index (χ2n) is 5.42. The lowest BCUT2D eigenvalue weighted by atomic mass is 10.1. The molecular weight excluding hydrogens is 252 g/mol. The molecule has 2 aromatic rings. The molecule has 1 N–H and O–H groups in total. The van der Waals surface area contributed by atoms with Crippen LogP contribution in [0.1, 0.15) is 36.3 Å². The number of hydrogen-bond acceptors (Lipinski definition) is 4. The van der Waals surface area contributed by atoms with Crippen LogP contribution in [0.25, 0.3) is 11.4 Å². The Morgan fingerprint density at radius 3 is 3.10 bits per heavy atom. The van der Waals surface area contributed by atoms with Gasteiger partial charge in [0.15, 0.2) is 11.6 Å². The van der Waals surface area contributed by atoms with Gasteiger partial charge in [-0.1, -0.05) is 19.1 Å². The number of rotatable bonds is 2. The van der Waals surface area contributed by atoms with Crippen molar-refractivity contribution in [2.75, 3.05) is 6.54 Å². The smallest absolute Gasteiger partial charge is 0.164 e. The first-order valence-electron chi connectivity index (χ1n) is 7.23. The van der Waals surface area contributed by atoms with Gasteiger partial charge in [-0.05, 0) is 23.6 Å². The van der Waals surface area contributed by atoms with Crippen LogP contribution in [0.15, 0.2) is 18.2 Å². The van der Waals surface area contributed by atoms with Gasteiger partial charge in [0.2, 0.25) is 0 Å². The molecule has 0 radical (unpaired) electrons. The van der Waals surface area contributed by atoms with Crippen LogP contribution < -0.4 is 5.32 Å². The SMILES string of the molecule is CCC1NCCn2c(-c3ccc4c(c3)COC4)nnc21. The standard InChI is InChI=1S/C15H18N4O/c1-2-13-15-18-17-14(19(15)6-5-16-13)10-3-4-11-8-20-9-12(11)7-10/h3-4,7,13,16H,2,5-6,8-9H2,1H3. The lowest BCUT2D eigenvalue weighted by Gasteiger charge is -2.24. The largest absolute Gasteiger partial charge is 0.372 e. The fourth-order valence-corrected chi connectivity index (χ4v) is 3.09. The normalized spacial score (nSPS) is 20.8. The van der Waals surface area contributed by atoms with Crippen molar-refractivity contribution < 1.29 is 4.74 Å². The molecule has 3 heterocycles. The Labute approximate surface area is 118 Å². The van der Waals surface area contributed by atoms with E-state index in [0.717, 1.165) is 43.3 Å². The summed E-state index contributed by atoms with van der Waals surface area (Å²) in [6.45, 7) is 5.53. The van der Waals surface area contributed by atoms with Crippen LogP contribution in [0.3, 0.4) is 0 Å². The maximum absolute atomic E-state index is 5.48. The Morgan fingerprint density at radius 1 is 1.30 bits per heavy atom. The Balaban J connectivity index is 1.78. The average Bonchev–Trinajstić information content (AvgIpc) is 3.12. The fourth-order valence-electron chi connectivity index (χ4n) is 3.09. The minimum absolute atomic E-state index is 0.322. The van der Waals surface area contributed by atoms with E-state index >= 15 is 0 Å². The summed E-state index contributed by atoms with van der Waals surface area (Å²) in [7, 11) is 0. The molecule has 5 nitrogen and oxygen atoms in total. The molecule has 0 saturated heterocycles. The Hall–Kier alpha value is -1.72. The molecule has 1 atom stereocenters. The molecule has 104 valence electrons. The third-order valence-electron chi connectivity index (χ3n) is 4.21. The summed E-state index contributed by atoms with van der Waals surface area (Å²) in [5.41, 5.74) is 3.71. The highest BCUT2D eigenvalue weighted by Crippen LogP contribution is 2.28. The molecule has 1 unspecified atom stereocenters. The van der Waals surface area contributed by atoms with Crippen molar-refractivity contribution in [1.29, 1.82) is 0 Å². The maximum atomic E-state index is 5.48. The Morgan fingerprint density at radius 2 is 2.20 bits per heavy atom. The van der Waals surface area contributed by atoms with Gasteiger partial charge in [0.05, 0.1) is 19.3 Å². The van der Waals surface area contributed by atoms with Crippen LogP contribution in [0.4, 0.5) is 0 Å². The van der Waals surface area contributed by atoms with Crippen molar-refractivity contribution in [3.8, 4) is 11.4 Å². The predicted molar refractivity (Wildman–Crippen MR) is 75.0 cm³/mol. The highest BCUT2D eigenvalue weighted by Gasteiger charge is 2.24. The first kappa shape index (κ1) is 12.1. The van der Waals surface area contributed by atoms with Crippen LogP contribution in [-0.2, 0) is 24.5 Å². The number of hydrogen-bond donors (Lipinski definition) is 1. The number of benzene rings is 1. The van der Waals surface area contributed by atoms with E-state index in [9.17, 15) is 0 Å². The maximum Gasteiger partial charge on any atom is 0.164 e. The molecule has 2 aliphatic rings. The summed E-state index contributed by atoms with van der Waals surface area (Å²) < 4.78 is 7.73. The average molecular weight is 270 g/mol. The van der Waals surface area contributed by atoms with Crippen LogP contribution in [0.5, 0.6) is 0 Å².